The van der Waals surface area contributed by atoms with Crippen molar-refractivity contribution in [3.05, 3.63) is 0 Å². The summed E-state index contributed by atoms with van der Waals surface area (Å²) >= 11 is 0. The number of hydrogen-bond acceptors (Lipinski definition) is 3. The standard InChI is InChI=1S/C15H30N2O/c1-12-5-7-13(8-6-12)15(18)14-11-16(2)9-4-10-17(14)3/h12-15,18H,4-11H2,1-3H3. The van der Waals surface area contributed by atoms with Crippen molar-refractivity contribution < 1.29 is 5.11 Å². The molecule has 3 nitrogen and oxygen atoms in total. The monoisotopic (exact) mass is 254 g/mol. The van der Waals surface area contributed by atoms with Gasteiger partial charge in [-0.3, -0.25) is 4.90 Å². The molecule has 106 valence electrons. The van der Waals surface area contributed by atoms with E-state index in [2.05, 4.69) is 30.8 Å². The Balaban J connectivity index is 1.95. The second-order valence-electron chi connectivity index (χ2n) is 6.67. The Hall–Kier alpha value is -0.120. The molecule has 2 atom stereocenters. The lowest BCUT2D eigenvalue weighted by atomic mass is 9.78. The fourth-order valence-electron chi connectivity index (χ4n) is 3.62. The molecule has 0 aromatic heterocycles. The zero-order valence-corrected chi connectivity index (χ0v) is 12.3. The van der Waals surface area contributed by atoms with Crippen LogP contribution in [0, 0.1) is 11.8 Å². The van der Waals surface area contributed by atoms with Crippen molar-refractivity contribution in [3.63, 3.8) is 0 Å². The van der Waals surface area contributed by atoms with Crippen molar-refractivity contribution >= 4 is 0 Å². The first-order valence-corrected chi connectivity index (χ1v) is 7.64. The van der Waals surface area contributed by atoms with Gasteiger partial charge in [-0.15, -0.1) is 0 Å². The molecule has 1 saturated carbocycles. The molecule has 18 heavy (non-hydrogen) atoms. The summed E-state index contributed by atoms with van der Waals surface area (Å²) in [6.45, 7) is 5.64. The molecule has 2 rings (SSSR count). The molecule has 0 amide bonds. The van der Waals surface area contributed by atoms with Crippen LogP contribution in [-0.4, -0.2) is 60.8 Å². The number of hydrogen-bond donors (Lipinski definition) is 1. The van der Waals surface area contributed by atoms with Crippen LogP contribution in [0.3, 0.4) is 0 Å². The number of aliphatic hydroxyl groups is 1. The fourth-order valence-corrected chi connectivity index (χ4v) is 3.62. The zero-order valence-electron chi connectivity index (χ0n) is 12.3. The maximum absolute atomic E-state index is 10.7. The van der Waals surface area contributed by atoms with Crippen LogP contribution in [0.15, 0.2) is 0 Å². The molecular formula is C15H30N2O. The summed E-state index contributed by atoms with van der Waals surface area (Å²) in [5.41, 5.74) is 0. The van der Waals surface area contributed by atoms with Crippen molar-refractivity contribution in [3.8, 4) is 0 Å². The maximum Gasteiger partial charge on any atom is 0.0735 e. The second kappa shape index (κ2) is 6.36. The van der Waals surface area contributed by atoms with E-state index < -0.39 is 0 Å². The minimum absolute atomic E-state index is 0.136. The molecule has 2 fully saturated rings. The lowest BCUT2D eigenvalue weighted by Crippen LogP contribution is -2.49. The Morgan fingerprint density at radius 3 is 2.39 bits per heavy atom. The van der Waals surface area contributed by atoms with Gasteiger partial charge in [0.25, 0.3) is 0 Å². The average Bonchev–Trinajstić information content (AvgIpc) is 2.51. The molecule has 0 aromatic carbocycles. The van der Waals surface area contributed by atoms with Crippen LogP contribution in [0.2, 0.25) is 0 Å². The summed E-state index contributed by atoms with van der Waals surface area (Å²) in [5, 5.41) is 10.7. The predicted octanol–water partition coefficient (Wildman–Crippen LogP) is 1.81. The molecule has 2 unspecified atom stereocenters. The average molecular weight is 254 g/mol. The highest BCUT2D eigenvalue weighted by Gasteiger charge is 2.34. The smallest absolute Gasteiger partial charge is 0.0735 e. The van der Waals surface area contributed by atoms with Gasteiger partial charge in [-0.2, -0.15) is 0 Å². The largest absolute Gasteiger partial charge is 0.391 e. The topological polar surface area (TPSA) is 26.7 Å². The van der Waals surface area contributed by atoms with E-state index >= 15 is 0 Å². The molecule has 3 heteroatoms. The molecule has 0 bridgehead atoms. The van der Waals surface area contributed by atoms with Crippen molar-refractivity contribution in [2.45, 2.75) is 51.2 Å². The number of aliphatic hydroxyl groups excluding tert-OH is 1. The van der Waals surface area contributed by atoms with E-state index in [4.69, 9.17) is 0 Å². The number of nitrogens with zero attached hydrogens (tertiary/aromatic N) is 2. The van der Waals surface area contributed by atoms with E-state index in [1.165, 1.54) is 32.1 Å². The Morgan fingerprint density at radius 1 is 1.06 bits per heavy atom. The van der Waals surface area contributed by atoms with Crippen LogP contribution in [-0.2, 0) is 0 Å². The Morgan fingerprint density at radius 2 is 1.72 bits per heavy atom. The third-order valence-electron chi connectivity index (χ3n) is 5.05. The van der Waals surface area contributed by atoms with Gasteiger partial charge >= 0.3 is 0 Å². The normalized spacial score (nSPS) is 38.3. The summed E-state index contributed by atoms with van der Waals surface area (Å²) in [7, 11) is 4.36. The Kier molecular flexibility index (Phi) is 5.05. The lowest BCUT2D eigenvalue weighted by Gasteiger charge is -2.38. The minimum Gasteiger partial charge on any atom is -0.391 e. The molecule has 0 radical (unpaired) electrons. The molecule has 1 heterocycles. The van der Waals surface area contributed by atoms with E-state index in [0.29, 0.717) is 12.0 Å². The van der Waals surface area contributed by atoms with Crippen LogP contribution in [0.1, 0.15) is 39.0 Å². The maximum atomic E-state index is 10.7. The summed E-state index contributed by atoms with van der Waals surface area (Å²) < 4.78 is 0. The highest BCUT2D eigenvalue weighted by atomic mass is 16.3. The summed E-state index contributed by atoms with van der Waals surface area (Å²) in [4.78, 5) is 4.76. The second-order valence-corrected chi connectivity index (χ2v) is 6.67. The van der Waals surface area contributed by atoms with Crippen molar-refractivity contribution in [1.82, 2.24) is 9.80 Å². The number of likely N-dealkylation sites (N-methyl/N-ethyl adjacent to an activating group) is 2. The molecular weight excluding hydrogens is 224 g/mol. The van der Waals surface area contributed by atoms with Crippen LogP contribution < -0.4 is 0 Å². The summed E-state index contributed by atoms with van der Waals surface area (Å²) in [6, 6.07) is 0.330. The summed E-state index contributed by atoms with van der Waals surface area (Å²) in [5.74, 6) is 1.39. The highest BCUT2D eigenvalue weighted by Crippen LogP contribution is 2.32. The van der Waals surface area contributed by atoms with E-state index in [-0.39, 0.29) is 6.10 Å². The van der Waals surface area contributed by atoms with Gasteiger partial charge in [-0.1, -0.05) is 19.8 Å². The predicted molar refractivity (Wildman–Crippen MR) is 75.7 cm³/mol. The van der Waals surface area contributed by atoms with Gasteiger partial charge in [0.05, 0.1) is 6.10 Å². The van der Waals surface area contributed by atoms with Crippen LogP contribution in [0.5, 0.6) is 0 Å². The van der Waals surface area contributed by atoms with Gasteiger partial charge in [-0.25, -0.2) is 0 Å². The molecule has 1 aliphatic heterocycles. The van der Waals surface area contributed by atoms with Gasteiger partial charge in [-0.05, 0) is 58.3 Å². The lowest BCUT2D eigenvalue weighted by molar-refractivity contribution is -0.000214. The van der Waals surface area contributed by atoms with Gasteiger partial charge in [0, 0.05) is 12.6 Å². The number of rotatable bonds is 2. The van der Waals surface area contributed by atoms with Gasteiger partial charge in [0.1, 0.15) is 0 Å². The van der Waals surface area contributed by atoms with Crippen LogP contribution in [0.25, 0.3) is 0 Å². The molecule has 2 aliphatic rings. The molecule has 0 aromatic rings. The third-order valence-corrected chi connectivity index (χ3v) is 5.05. The SMILES string of the molecule is CC1CCC(C(O)C2CN(C)CCCN2C)CC1. The first-order chi connectivity index (χ1) is 8.58. The van der Waals surface area contributed by atoms with Gasteiger partial charge < -0.3 is 10.0 Å². The van der Waals surface area contributed by atoms with Crippen molar-refractivity contribution in [2.75, 3.05) is 33.7 Å². The van der Waals surface area contributed by atoms with Gasteiger partial charge in [0.2, 0.25) is 0 Å². The molecule has 0 spiro atoms. The summed E-state index contributed by atoms with van der Waals surface area (Å²) in [6.07, 6.45) is 6.12. The fraction of sp³-hybridized carbons (Fsp3) is 1.00. The quantitative estimate of drug-likeness (QED) is 0.814. The van der Waals surface area contributed by atoms with E-state index in [1.807, 2.05) is 0 Å². The Bertz CT molecular complexity index is 251. The zero-order chi connectivity index (χ0) is 13.1. The van der Waals surface area contributed by atoms with Crippen LogP contribution >= 0.6 is 0 Å². The molecule has 1 saturated heterocycles. The van der Waals surface area contributed by atoms with Crippen molar-refractivity contribution in [2.24, 2.45) is 11.8 Å². The minimum atomic E-state index is -0.136. The first-order valence-electron chi connectivity index (χ1n) is 7.64. The molecule has 1 N–H and O–H groups in total. The molecule has 1 aliphatic carbocycles. The van der Waals surface area contributed by atoms with E-state index in [0.717, 1.165) is 25.6 Å². The van der Waals surface area contributed by atoms with Gasteiger partial charge in [0.15, 0.2) is 0 Å². The highest BCUT2D eigenvalue weighted by molar-refractivity contribution is 4.88. The third kappa shape index (κ3) is 3.46. The Labute approximate surface area is 112 Å². The van der Waals surface area contributed by atoms with E-state index in [9.17, 15) is 5.11 Å². The van der Waals surface area contributed by atoms with E-state index in [1.54, 1.807) is 0 Å². The van der Waals surface area contributed by atoms with Crippen molar-refractivity contribution in [1.29, 1.82) is 0 Å². The van der Waals surface area contributed by atoms with Crippen LogP contribution in [0.4, 0.5) is 0 Å². The first kappa shape index (κ1) is 14.3.